The predicted octanol–water partition coefficient (Wildman–Crippen LogP) is 15.4. The molecule has 8 rings (SSSR count). The first-order valence-electron chi connectivity index (χ1n) is 19.6. The number of fused-ring (bicyclic) bond motifs is 3. The normalized spacial score (nSPS) is 13.1. The van der Waals surface area contributed by atoms with Crippen molar-refractivity contribution in [1.82, 2.24) is 0 Å². The number of hydrogen-bond donors (Lipinski definition) is 0. The zero-order chi connectivity index (χ0) is 37.5. The summed E-state index contributed by atoms with van der Waals surface area (Å²) in [6, 6.07) is 64.3. The van der Waals surface area contributed by atoms with E-state index in [2.05, 4.69) is 209 Å². The molecule has 0 aliphatic heterocycles. The van der Waals surface area contributed by atoms with Crippen molar-refractivity contribution in [1.29, 1.82) is 0 Å². The molecule has 1 aliphatic rings. The van der Waals surface area contributed by atoms with Crippen molar-refractivity contribution < 1.29 is 0 Å². The lowest BCUT2D eigenvalue weighted by Gasteiger charge is -2.23. The molecule has 0 radical (unpaired) electrons. The van der Waals surface area contributed by atoms with Gasteiger partial charge >= 0.3 is 0 Å². The highest BCUT2D eigenvalue weighted by Gasteiger charge is 2.36. The molecule has 0 N–H and O–H groups in total. The van der Waals surface area contributed by atoms with Crippen LogP contribution in [0.1, 0.15) is 75.3 Å². The van der Waals surface area contributed by atoms with E-state index in [9.17, 15) is 0 Å². The lowest BCUT2D eigenvalue weighted by Crippen LogP contribution is -2.15. The van der Waals surface area contributed by atoms with Crippen LogP contribution in [0.3, 0.4) is 0 Å². The molecule has 0 heteroatoms. The summed E-state index contributed by atoms with van der Waals surface area (Å²) in [5.74, 6) is 0. The smallest absolute Gasteiger partial charge is 0.0159 e. The Morgan fingerprint density at radius 1 is 0.463 bits per heavy atom. The summed E-state index contributed by atoms with van der Waals surface area (Å²) in [5, 5.41) is 0. The van der Waals surface area contributed by atoms with E-state index >= 15 is 0 Å². The van der Waals surface area contributed by atoms with Crippen LogP contribution in [-0.2, 0) is 5.41 Å². The van der Waals surface area contributed by atoms with Crippen molar-refractivity contribution in [2.24, 2.45) is 0 Å². The summed E-state index contributed by atoms with van der Waals surface area (Å²) >= 11 is 0. The van der Waals surface area contributed by atoms with E-state index in [0.717, 1.165) is 12.8 Å². The molecule has 0 aromatic heterocycles. The molecule has 1 aliphatic carbocycles. The maximum atomic E-state index is 2.46. The zero-order valence-corrected chi connectivity index (χ0v) is 32.3. The summed E-state index contributed by atoms with van der Waals surface area (Å²) in [6.07, 6.45) is 6.88. The minimum absolute atomic E-state index is 0.173. The Morgan fingerprint density at radius 3 is 1.65 bits per heavy atom. The molecule has 7 aromatic carbocycles. The van der Waals surface area contributed by atoms with Gasteiger partial charge in [0.05, 0.1) is 0 Å². The second-order valence-corrected chi connectivity index (χ2v) is 14.4. The molecule has 0 spiro atoms. The van der Waals surface area contributed by atoms with Crippen LogP contribution in [0.25, 0.3) is 61.7 Å². The van der Waals surface area contributed by atoms with Crippen molar-refractivity contribution in [3.05, 3.63) is 210 Å². The van der Waals surface area contributed by atoms with Crippen molar-refractivity contribution in [3.8, 4) is 44.5 Å². The lowest BCUT2D eigenvalue weighted by atomic mass is 9.80. The molecule has 0 bridgehead atoms. The van der Waals surface area contributed by atoms with E-state index in [1.165, 1.54) is 83.5 Å². The van der Waals surface area contributed by atoms with Crippen LogP contribution >= 0.6 is 0 Å². The Labute approximate surface area is 323 Å². The van der Waals surface area contributed by atoms with Gasteiger partial charge in [0.25, 0.3) is 0 Å². The standard InChI is InChI=1S/C52H44.C2H6/c1-4-17-41(38-20-11-6-12-21-38)33-45(32-37-18-9-5-10-19-37)43-27-30-47-48-31-28-44(36-51(48)52(2,3)50(47)35-43)49-34-42(39-22-13-7-14-23-39)26-29-46(49)40-24-15-8-16-25-40;1-2/h5-16,18-36H,4,17H2,1-3H3;1-2H3/b41-33+,45-32-;. The maximum absolute atomic E-state index is 2.46. The minimum atomic E-state index is -0.173. The van der Waals surface area contributed by atoms with Gasteiger partial charge < -0.3 is 0 Å². The third-order valence-corrected chi connectivity index (χ3v) is 10.6. The third-order valence-electron chi connectivity index (χ3n) is 10.6. The van der Waals surface area contributed by atoms with Crippen LogP contribution in [0.2, 0.25) is 0 Å². The Morgan fingerprint density at radius 2 is 1.00 bits per heavy atom. The molecule has 0 atom stereocenters. The van der Waals surface area contributed by atoms with Gasteiger partial charge in [0.15, 0.2) is 0 Å². The Hall–Kier alpha value is -5.98. The SMILES string of the molecule is CC.CCC/C(=C\C(=C\c1ccccc1)c1ccc2c(c1)C(C)(C)c1cc(-c3cc(-c4ccccc4)ccc3-c3ccccc3)ccc1-2)c1ccccc1. The fraction of sp³-hybridized carbons (Fsp3) is 0.148. The molecule has 0 amide bonds. The molecule has 0 unspecified atom stereocenters. The quantitative estimate of drug-likeness (QED) is 0.104. The second kappa shape index (κ2) is 16.4. The highest BCUT2D eigenvalue weighted by molar-refractivity contribution is 5.95. The average molecular weight is 699 g/mol. The van der Waals surface area contributed by atoms with Crippen LogP contribution in [0.4, 0.5) is 0 Å². The zero-order valence-electron chi connectivity index (χ0n) is 32.3. The molecular weight excluding hydrogens is 649 g/mol. The fourth-order valence-electron chi connectivity index (χ4n) is 7.89. The molecular formula is C54H50. The molecule has 0 nitrogen and oxygen atoms in total. The second-order valence-electron chi connectivity index (χ2n) is 14.4. The monoisotopic (exact) mass is 698 g/mol. The van der Waals surface area contributed by atoms with Crippen LogP contribution in [0.15, 0.2) is 182 Å². The molecule has 0 fully saturated rings. The van der Waals surface area contributed by atoms with Crippen LogP contribution in [-0.4, -0.2) is 0 Å². The fourth-order valence-corrected chi connectivity index (χ4v) is 7.89. The largest absolute Gasteiger partial charge is 0.0683 e. The summed E-state index contributed by atoms with van der Waals surface area (Å²) in [7, 11) is 0. The highest BCUT2D eigenvalue weighted by atomic mass is 14.4. The van der Waals surface area contributed by atoms with Gasteiger partial charge in [-0.15, -0.1) is 0 Å². The first-order valence-corrected chi connectivity index (χ1v) is 19.6. The predicted molar refractivity (Wildman–Crippen MR) is 235 cm³/mol. The van der Waals surface area contributed by atoms with Crippen LogP contribution in [0.5, 0.6) is 0 Å². The molecule has 266 valence electrons. The maximum Gasteiger partial charge on any atom is 0.0159 e. The molecule has 0 saturated heterocycles. The molecule has 54 heavy (non-hydrogen) atoms. The Kier molecular flexibility index (Phi) is 11.0. The number of allylic oxidation sites excluding steroid dienone is 3. The van der Waals surface area contributed by atoms with Crippen molar-refractivity contribution in [2.45, 2.75) is 52.9 Å². The lowest BCUT2D eigenvalue weighted by molar-refractivity contribution is 0.660. The van der Waals surface area contributed by atoms with Gasteiger partial charge in [0.1, 0.15) is 0 Å². The first-order chi connectivity index (χ1) is 26.5. The number of benzene rings is 7. The Balaban J connectivity index is 0.00000221. The van der Waals surface area contributed by atoms with E-state index in [0.29, 0.717) is 0 Å². The van der Waals surface area contributed by atoms with Crippen molar-refractivity contribution in [2.75, 3.05) is 0 Å². The van der Waals surface area contributed by atoms with Crippen molar-refractivity contribution >= 4 is 17.2 Å². The number of hydrogen-bond acceptors (Lipinski definition) is 0. The molecule has 0 heterocycles. The summed E-state index contributed by atoms with van der Waals surface area (Å²) in [4.78, 5) is 0. The summed E-state index contributed by atoms with van der Waals surface area (Å²) in [6.45, 7) is 11.1. The molecule has 7 aromatic rings. The summed E-state index contributed by atoms with van der Waals surface area (Å²) in [5.41, 5.74) is 19.0. The number of rotatable bonds is 9. The van der Waals surface area contributed by atoms with Crippen LogP contribution < -0.4 is 0 Å². The van der Waals surface area contributed by atoms with Gasteiger partial charge in [0.2, 0.25) is 0 Å². The van der Waals surface area contributed by atoms with E-state index in [1.807, 2.05) is 13.8 Å². The minimum Gasteiger partial charge on any atom is -0.0683 e. The van der Waals surface area contributed by atoms with E-state index in [4.69, 9.17) is 0 Å². The third kappa shape index (κ3) is 7.43. The Bertz CT molecular complexity index is 2390. The van der Waals surface area contributed by atoms with E-state index < -0.39 is 0 Å². The van der Waals surface area contributed by atoms with Crippen molar-refractivity contribution in [3.63, 3.8) is 0 Å². The van der Waals surface area contributed by atoms with Gasteiger partial charge in [-0.05, 0) is 114 Å². The highest BCUT2D eigenvalue weighted by Crippen LogP contribution is 2.51. The van der Waals surface area contributed by atoms with Gasteiger partial charge in [-0.3, -0.25) is 0 Å². The van der Waals surface area contributed by atoms with Gasteiger partial charge in [-0.25, -0.2) is 0 Å². The first kappa shape index (κ1) is 36.4. The topological polar surface area (TPSA) is 0 Å². The van der Waals surface area contributed by atoms with Gasteiger partial charge in [-0.1, -0.05) is 205 Å². The molecule has 0 saturated carbocycles. The van der Waals surface area contributed by atoms with E-state index in [-0.39, 0.29) is 5.41 Å². The van der Waals surface area contributed by atoms with Crippen LogP contribution in [0, 0.1) is 0 Å². The van der Waals surface area contributed by atoms with Gasteiger partial charge in [0, 0.05) is 5.41 Å². The van der Waals surface area contributed by atoms with E-state index in [1.54, 1.807) is 0 Å². The average Bonchev–Trinajstić information content (AvgIpc) is 3.47. The van der Waals surface area contributed by atoms with Gasteiger partial charge in [-0.2, -0.15) is 0 Å². The summed E-state index contributed by atoms with van der Waals surface area (Å²) < 4.78 is 0.